The van der Waals surface area contributed by atoms with Crippen LogP contribution in [0.15, 0.2) is 67.0 Å². The summed E-state index contributed by atoms with van der Waals surface area (Å²) in [6.07, 6.45) is 0.674. The van der Waals surface area contributed by atoms with E-state index in [-0.39, 0.29) is 30.3 Å². The number of fused-ring (bicyclic) bond motifs is 1. The maximum atomic E-state index is 12.2. The highest BCUT2D eigenvalue weighted by atomic mass is 16.3. The molecule has 2 aromatic carbocycles. The van der Waals surface area contributed by atoms with Crippen LogP contribution >= 0.6 is 0 Å². The van der Waals surface area contributed by atoms with Gasteiger partial charge < -0.3 is 40.9 Å². The predicted molar refractivity (Wildman–Crippen MR) is 179 cm³/mol. The molecule has 13 nitrogen and oxygen atoms in total. The van der Waals surface area contributed by atoms with E-state index >= 15 is 0 Å². The second-order valence-electron chi connectivity index (χ2n) is 12.2. The quantitative estimate of drug-likeness (QED) is 0.144. The van der Waals surface area contributed by atoms with Gasteiger partial charge in [-0.1, -0.05) is 67.6 Å². The van der Waals surface area contributed by atoms with E-state index in [0.29, 0.717) is 55.5 Å². The number of nitrogens with zero attached hydrogens (tertiary/aromatic N) is 5. The van der Waals surface area contributed by atoms with Gasteiger partial charge in [-0.15, -0.1) is 0 Å². The molecule has 1 aliphatic carbocycles. The number of benzene rings is 2. The summed E-state index contributed by atoms with van der Waals surface area (Å²) in [7, 11) is 0. The molecule has 6 rings (SSSR count). The van der Waals surface area contributed by atoms with E-state index in [2.05, 4.69) is 45.5 Å². The van der Waals surface area contributed by atoms with Crippen molar-refractivity contribution in [1.29, 1.82) is 0 Å². The average molecular weight is 642 g/mol. The normalized spacial score (nSPS) is 22.5. The van der Waals surface area contributed by atoms with Crippen molar-refractivity contribution >= 4 is 34.9 Å². The zero-order chi connectivity index (χ0) is 32.9. The van der Waals surface area contributed by atoms with Gasteiger partial charge in [0.25, 0.3) is 0 Å². The summed E-state index contributed by atoms with van der Waals surface area (Å²) in [5, 5.41) is 34.2. The van der Waals surface area contributed by atoms with Crippen LogP contribution in [0.1, 0.15) is 56.2 Å². The minimum atomic E-state index is -1.14. The molecule has 248 valence electrons. The van der Waals surface area contributed by atoms with Gasteiger partial charge >= 0.3 is 6.03 Å². The SMILES string of the molecule is CCNC(=O)N[C@@H]1CCN(c2nc(NCC(c3ccccc3)c3ccccc3)c3ncn([C@@H]4C[C@H](NC(=O)CC)[C@@H](O)[C@H]4O)c3n2)C1. The summed E-state index contributed by atoms with van der Waals surface area (Å²) in [6.45, 7) is 5.87. The minimum absolute atomic E-state index is 0.0279. The Labute approximate surface area is 273 Å². The first kappa shape index (κ1) is 32.2. The van der Waals surface area contributed by atoms with Crippen LogP contribution in [0.4, 0.5) is 16.6 Å². The lowest BCUT2D eigenvalue weighted by Gasteiger charge is -2.22. The molecule has 2 aromatic heterocycles. The summed E-state index contributed by atoms with van der Waals surface area (Å²) in [6, 6.07) is 19.1. The van der Waals surface area contributed by atoms with E-state index in [1.165, 1.54) is 0 Å². The van der Waals surface area contributed by atoms with Crippen LogP contribution in [-0.4, -0.2) is 92.1 Å². The van der Waals surface area contributed by atoms with Gasteiger partial charge in [-0.3, -0.25) is 4.79 Å². The van der Waals surface area contributed by atoms with Crippen molar-refractivity contribution in [2.45, 2.75) is 69.4 Å². The summed E-state index contributed by atoms with van der Waals surface area (Å²) in [4.78, 5) is 41.0. The Hall–Kier alpha value is -4.75. The molecule has 3 heterocycles. The third-order valence-corrected chi connectivity index (χ3v) is 9.11. The molecule has 6 N–H and O–H groups in total. The number of anilines is 2. The number of nitrogens with one attached hydrogen (secondary N) is 4. The first-order chi connectivity index (χ1) is 22.9. The van der Waals surface area contributed by atoms with Gasteiger partial charge in [0.15, 0.2) is 17.0 Å². The molecule has 3 amide bonds. The fraction of sp³-hybridized carbons (Fsp3) is 0.441. The smallest absolute Gasteiger partial charge is 0.315 e. The van der Waals surface area contributed by atoms with E-state index in [4.69, 9.17) is 15.0 Å². The highest BCUT2D eigenvalue weighted by molar-refractivity contribution is 5.85. The van der Waals surface area contributed by atoms with Crippen LogP contribution in [0.5, 0.6) is 0 Å². The maximum Gasteiger partial charge on any atom is 0.315 e. The van der Waals surface area contributed by atoms with Gasteiger partial charge in [-0.05, 0) is 30.9 Å². The van der Waals surface area contributed by atoms with Gasteiger partial charge in [0.2, 0.25) is 11.9 Å². The number of imidazole rings is 1. The van der Waals surface area contributed by atoms with Crippen molar-refractivity contribution in [2.75, 3.05) is 36.4 Å². The zero-order valence-electron chi connectivity index (χ0n) is 26.7. The number of aliphatic hydroxyl groups is 2. The van der Waals surface area contributed by atoms with Crippen LogP contribution < -0.4 is 26.2 Å². The lowest BCUT2D eigenvalue weighted by atomic mass is 9.91. The zero-order valence-corrected chi connectivity index (χ0v) is 26.7. The Balaban J connectivity index is 1.34. The Kier molecular flexibility index (Phi) is 9.83. The number of amides is 3. The second kappa shape index (κ2) is 14.3. The Morgan fingerprint density at radius 3 is 2.32 bits per heavy atom. The van der Waals surface area contributed by atoms with E-state index in [9.17, 15) is 19.8 Å². The largest absolute Gasteiger partial charge is 0.388 e. The lowest BCUT2D eigenvalue weighted by molar-refractivity contribution is -0.122. The molecule has 5 atom stereocenters. The number of urea groups is 1. The second-order valence-corrected chi connectivity index (χ2v) is 12.2. The van der Waals surface area contributed by atoms with Crippen molar-refractivity contribution in [2.24, 2.45) is 0 Å². The topological polar surface area (TPSA) is 170 Å². The van der Waals surface area contributed by atoms with Crippen molar-refractivity contribution in [3.05, 3.63) is 78.1 Å². The highest BCUT2D eigenvalue weighted by Gasteiger charge is 2.44. The number of hydrogen-bond acceptors (Lipinski definition) is 9. The molecule has 1 aliphatic heterocycles. The van der Waals surface area contributed by atoms with E-state index in [1.54, 1.807) is 17.8 Å². The molecule has 0 spiro atoms. The molecule has 4 aromatic rings. The van der Waals surface area contributed by atoms with Gasteiger partial charge in [0, 0.05) is 44.6 Å². The number of hydrogen-bond donors (Lipinski definition) is 6. The highest BCUT2D eigenvalue weighted by Crippen LogP contribution is 2.35. The molecule has 2 fully saturated rings. The summed E-state index contributed by atoms with van der Waals surface area (Å²) < 4.78 is 1.78. The Morgan fingerprint density at radius 2 is 1.66 bits per heavy atom. The average Bonchev–Trinajstić information content (AvgIpc) is 3.80. The number of rotatable bonds is 11. The third kappa shape index (κ3) is 7.00. The van der Waals surface area contributed by atoms with Crippen molar-refractivity contribution in [3.63, 3.8) is 0 Å². The number of aromatic nitrogens is 4. The van der Waals surface area contributed by atoms with Crippen molar-refractivity contribution in [1.82, 2.24) is 35.5 Å². The molecule has 1 saturated heterocycles. The van der Waals surface area contributed by atoms with Crippen LogP contribution in [0.2, 0.25) is 0 Å². The number of aliphatic hydroxyl groups excluding tert-OH is 2. The molecule has 0 unspecified atom stereocenters. The van der Waals surface area contributed by atoms with Crippen LogP contribution in [0.25, 0.3) is 11.2 Å². The standard InChI is InChI=1S/C34H43N9O4/c1-3-27(44)39-25-17-26(30(46)29(25)45)43-20-37-28-31(36-18-24(21-11-7-5-8-12-21)22-13-9-6-10-14-22)40-33(41-32(28)43)42-16-15-23(19-42)38-34(47)35-4-2/h5-14,20,23-26,29-30,45-46H,3-4,15-19H2,1-2H3,(H,39,44)(H2,35,38,47)(H,36,40,41)/t23-,25+,26-,29-,30+/m1/s1. The fourth-order valence-electron chi connectivity index (χ4n) is 6.60. The van der Waals surface area contributed by atoms with Crippen LogP contribution in [-0.2, 0) is 4.79 Å². The van der Waals surface area contributed by atoms with Crippen molar-refractivity contribution in [3.8, 4) is 0 Å². The minimum Gasteiger partial charge on any atom is -0.388 e. The number of carbonyl (C=O) groups excluding carboxylic acids is 2. The fourth-order valence-corrected chi connectivity index (χ4v) is 6.60. The van der Waals surface area contributed by atoms with Crippen LogP contribution in [0, 0.1) is 0 Å². The third-order valence-electron chi connectivity index (χ3n) is 9.11. The van der Waals surface area contributed by atoms with Crippen molar-refractivity contribution < 1.29 is 19.8 Å². The van der Waals surface area contributed by atoms with Gasteiger partial charge in [0.05, 0.1) is 18.4 Å². The first-order valence-corrected chi connectivity index (χ1v) is 16.4. The van der Waals surface area contributed by atoms with Gasteiger partial charge in [0.1, 0.15) is 12.2 Å². The molecule has 1 saturated carbocycles. The van der Waals surface area contributed by atoms with E-state index in [1.807, 2.05) is 48.2 Å². The first-order valence-electron chi connectivity index (χ1n) is 16.4. The molecular formula is C34H43N9O4. The number of carbonyl (C=O) groups is 2. The van der Waals surface area contributed by atoms with E-state index in [0.717, 1.165) is 17.5 Å². The summed E-state index contributed by atoms with van der Waals surface area (Å²) in [5.74, 6) is 0.858. The Morgan fingerprint density at radius 1 is 0.957 bits per heavy atom. The summed E-state index contributed by atoms with van der Waals surface area (Å²) >= 11 is 0. The molecule has 13 heteroatoms. The molecule has 0 bridgehead atoms. The Bertz CT molecular complexity index is 1630. The predicted octanol–water partition coefficient (Wildman–Crippen LogP) is 2.53. The molecule has 2 aliphatic rings. The monoisotopic (exact) mass is 641 g/mol. The maximum absolute atomic E-state index is 12.2. The van der Waals surface area contributed by atoms with Gasteiger partial charge in [-0.25, -0.2) is 9.78 Å². The lowest BCUT2D eigenvalue weighted by Crippen LogP contribution is -2.43. The molecule has 0 radical (unpaired) electrons. The molecule has 47 heavy (non-hydrogen) atoms. The summed E-state index contributed by atoms with van der Waals surface area (Å²) in [5.41, 5.74) is 3.36. The van der Waals surface area contributed by atoms with Gasteiger partial charge in [-0.2, -0.15) is 9.97 Å². The van der Waals surface area contributed by atoms with E-state index < -0.39 is 24.3 Å². The molecular weight excluding hydrogens is 598 g/mol. The van der Waals surface area contributed by atoms with Crippen LogP contribution in [0.3, 0.4) is 0 Å².